The fourth-order valence-electron chi connectivity index (χ4n) is 2.45. The van der Waals surface area contributed by atoms with Crippen LogP contribution in [0.1, 0.15) is 26.8 Å². The van der Waals surface area contributed by atoms with Crippen LogP contribution in [0.15, 0.2) is 59.3 Å². The summed E-state index contributed by atoms with van der Waals surface area (Å²) in [6.45, 7) is 0.119. The molecule has 4 N–H and O–H groups in total. The molecule has 2 aromatic heterocycles. The Morgan fingerprint density at radius 2 is 1.80 bits per heavy atom. The second-order valence-corrected chi connectivity index (χ2v) is 7.21. The van der Waals surface area contributed by atoms with Gasteiger partial charge in [-0.25, -0.2) is 0 Å². The van der Waals surface area contributed by atoms with Gasteiger partial charge in [0.2, 0.25) is 5.91 Å². The molecule has 0 aliphatic carbocycles. The summed E-state index contributed by atoms with van der Waals surface area (Å²) in [7, 11) is 0. The van der Waals surface area contributed by atoms with Crippen molar-refractivity contribution in [1.29, 1.82) is 0 Å². The molecule has 0 unspecified atom stereocenters. The Morgan fingerprint density at radius 1 is 1.00 bits per heavy atom. The molecule has 3 aromatic rings. The highest BCUT2D eigenvalue weighted by molar-refractivity contribution is 7.14. The molecule has 0 spiro atoms. The van der Waals surface area contributed by atoms with Crippen molar-refractivity contribution in [2.75, 3.05) is 11.9 Å². The lowest BCUT2D eigenvalue weighted by molar-refractivity contribution is -0.115. The zero-order valence-corrected chi connectivity index (χ0v) is 14.9. The topological polar surface area (TPSA) is 84.2 Å². The number of hydrogen-bond acceptors (Lipinski definition) is 5. The molecule has 0 radical (unpaired) electrons. The molecular formula is C18H17N3O2S2. The van der Waals surface area contributed by atoms with Crippen molar-refractivity contribution in [2.24, 2.45) is 5.73 Å². The van der Waals surface area contributed by atoms with Crippen LogP contribution >= 0.6 is 22.7 Å². The summed E-state index contributed by atoms with van der Waals surface area (Å²) in [6, 6.07) is 15.5. The van der Waals surface area contributed by atoms with Gasteiger partial charge in [0, 0.05) is 4.88 Å². The van der Waals surface area contributed by atoms with Gasteiger partial charge in [-0.15, -0.1) is 22.7 Å². The van der Waals surface area contributed by atoms with Gasteiger partial charge in [-0.2, -0.15) is 0 Å². The normalized spacial score (nSPS) is 11.8. The minimum absolute atomic E-state index is 0.0640. The van der Waals surface area contributed by atoms with Crippen molar-refractivity contribution in [2.45, 2.75) is 6.04 Å². The zero-order chi connectivity index (χ0) is 17.6. The number of nitrogens with two attached hydrogens (primary N) is 1. The summed E-state index contributed by atoms with van der Waals surface area (Å²) < 4.78 is 0. The molecule has 2 amide bonds. The lowest BCUT2D eigenvalue weighted by atomic mass is 10.1. The first-order chi connectivity index (χ1) is 12.1. The first-order valence-corrected chi connectivity index (χ1v) is 9.40. The predicted octanol–water partition coefficient (Wildman–Crippen LogP) is 3.23. The van der Waals surface area contributed by atoms with Crippen LogP contribution in [0.5, 0.6) is 0 Å². The van der Waals surface area contributed by atoms with E-state index in [0.717, 1.165) is 10.4 Å². The molecule has 0 fully saturated rings. The van der Waals surface area contributed by atoms with Gasteiger partial charge in [-0.1, -0.05) is 36.4 Å². The highest BCUT2D eigenvalue weighted by Gasteiger charge is 2.17. The lowest BCUT2D eigenvalue weighted by Crippen LogP contribution is -2.31. The fraction of sp³-hybridized carbons (Fsp3) is 0.111. The Hall–Kier alpha value is -2.48. The van der Waals surface area contributed by atoms with E-state index in [1.807, 2.05) is 47.8 Å². The molecule has 0 saturated heterocycles. The molecule has 0 saturated carbocycles. The minimum atomic E-state index is -0.551. The van der Waals surface area contributed by atoms with Gasteiger partial charge in [0.25, 0.3) is 5.91 Å². The van der Waals surface area contributed by atoms with Gasteiger partial charge in [0.1, 0.15) is 5.00 Å². The minimum Gasteiger partial charge on any atom is -0.366 e. The third kappa shape index (κ3) is 4.33. The first-order valence-electron chi connectivity index (χ1n) is 7.64. The van der Waals surface area contributed by atoms with Crippen LogP contribution in [0.2, 0.25) is 0 Å². The number of hydrogen-bond donors (Lipinski definition) is 3. The summed E-state index contributed by atoms with van der Waals surface area (Å²) in [5.74, 6) is -0.771. The van der Waals surface area contributed by atoms with Gasteiger partial charge in [0.05, 0.1) is 18.2 Å². The summed E-state index contributed by atoms with van der Waals surface area (Å²) >= 11 is 2.91. The fourth-order valence-corrected chi connectivity index (χ4v) is 4.08. The average Bonchev–Trinajstić information content (AvgIpc) is 3.28. The molecule has 128 valence electrons. The van der Waals surface area contributed by atoms with Crippen molar-refractivity contribution in [1.82, 2.24) is 5.32 Å². The van der Waals surface area contributed by atoms with Gasteiger partial charge in [-0.3, -0.25) is 14.9 Å². The van der Waals surface area contributed by atoms with Crippen molar-refractivity contribution < 1.29 is 9.59 Å². The van der Waals surface area contributed by atoms with E-state index in [0.29, 0.717) is 10.6 Å². The molecule has 7 heteroatoms. The molecule has 3 rings (SSSR count). The van der Waals surface area contributed by atoms with Gasteiger partial charge >= 0.3 is 0 Å². The molecule has 0 aliphatic heterocycles. The van der Waals surface area contributed by atoms with Crippen LogP contribution in [0, 0.1) is 0 Å². The Kier molecular flexibility index (Phi) is 5.60. The number of amides is 2. The van der Waals surface area contributed by atoms with Crippen molar-refractivity contribution in [3.05, 3.63) is 75.3 Å². The van der Waals surface area contributed by atoms with Gasteiger partial charge < -0.3 is 11.1 Å². The maximum atomic E-state index is 12.3. The van der Waals surface area contributed by atoms with Crippen LogP contribution in [-0.2, 0) is 4.79 Å². The number of primary amides is 1. The van der Waals surface area contributed by atoms with Crippen molar-refractivity contribution in [3.63, 3.8) is 0 Å². The lowest BCUT2D eigenvalue weighted by Gasteiger charge is -2.18. The number of nitrogens with one attached hydrogen (secondary N) is 2. The Bertz CT molecular complexity index is 844. The smallest absolute Gasteiger partial charge is 0.251 e. The van der Waals surface area contributed by atoms with Crippen LogP contribution in [0.4, 0.5) is 5.00 Å². The molecule has 1 aromatic carbocycles. The van der Waals surface area contributed by atoms with Crippen LogP contribution in [-0.4, -0.2) is 18.4 Å². The largest absolute Gasteiger partial charge is 0.366 e. The number of anilines is 1. The Balaban J connectivity index is 1.68. The standard InChI is InChI=1S/C18H17N3O2S2/c19-17(23)13-8-10-25-18(13)21-15(22)11-20-16(14-7-4-9-24-14)12-5-2-1-3-6-12/h1-10,16,20H,11H2,(H2,19,23)(H,21,22)/t16-/m1/s1. The van der Waals surface area contributed by atoms with Crippen molar-refractivity contribution >= 4 is 39.5 Å². The van der Waals surface area contributed by atoms with Crippen LogP contribution in [0.25, 0.3) is 0 Å². The molecule has 2 heterocycles. The summed E-state index contributed by atoms with van der Waals surface area (Å²) in [4.78, 5) is 24.7. The van der Waals surface area contributed by atoms with E-state index in [-0.39, 0.29) is 18.5 Å². The van der Waals surface area contributed by atoms with E-state index in [2.05, 4.69) is 10.6 Å². The van der Waals surface area contributed by atoms with E-state index in [1.54, 1.807) is 22.8 Å². The van der Waals surface area contributed by atoms with Gasteiger partial charge in [0.15, 0.2) is 0 Å². The molecule has 5 nitrogen and oxygen atoms in total. The average molecular weight is 371 g/mol. The predicted molar refractivity (Wildman–Crippen MR) is 102 cm³/mol. The quantitative estimate of drug-likeness (QED) is 0.596. The first kappa shape index (κ1) is 17.3. The molecule has 0 aliphatic rings. The second kappa shape index (κ2) is 8.06. The van der Waals surface area contributed by atoms with E-state index in [4.69, 9.17) is 5.73 Å². The maximum absolute atomic E-state index is 12.3. The molecular weight excluding hydrogens is 354 g/mol. The number of benzene rings is 1. The van der Waals surface area contributed by atoms with E-state index in [9.17, 15) is 9.59 Å². The van der Waals surface area contributed by atoms with E-state index >= 15 is 0 Å². The highest BCUT2D eigenvalue weighted by Crippen LogP contribution is 2.26. The number of rotatable bonds is 7. The molecule has 1 atom stereocenters. The third-order valence-electron chi connectivity index (χ3n) is 3.61. The summed E-state index contributed by atoms with van der Waals surface area (Å²) in [5, 5.41) is 10.2. The maximum Gasteiger partial charge on any atom is 0.251 e. The SMILES string of the molecule is NC(=O)c1ccsc1NC(=O)CN[C@H](c1ccccc1)c1cccs1. The zero-order valence-electron chi connectivity index (χ0n) is 13.3. The number of carbonyl (C=O) groups excluding carboxylic acids is 2. The Labute approximate surface area is 153 Å². The highest BCUT2D eigenvalue weighted by atomic mass is 32.1. The Morgan fingerprint density at radius 3 is 2.48 bits per heavy atom. The van der Waals surface area contributed by atoms with E-state index in [1.165, 1.54) is 11.3 Å². The third-order valence-corrected chi connectivity index (χ3v) is 5.38. The number of carbonyl (C=O) groups is 2. The van der Waals surface area contributed by atoms with E-state index < -0.39 is 5.91 Å². The summed E-state index contributed by atoms with van der Waals surface area (Å²) in [6.07, 6.45) is 0. The van der Waals surface area contributed by atoms with Gasteiger partial charge in [-0.05, 0) is 28.5 Å². The second-order valence-electron chi connectivity index (χ2n) is 5.32. The van der Waals surface area contributed by atoms with Crippen LogP contribution < -0.4 is 16.4 Å². The van der Waals surface area contributed by atoms with Crippen LogP contribution in [0.3, 0.4) is 0 Å². The monoisotopic (exact) mass is 371 g/mol. The van der Waals surface area contributed by atoms with Crippen molar-refractivity contribution in [3.8, 4) is 0 Å². The summed E-state index contributed by atoms with van der Waals surface area (Å²) in [5.41, 5.74) is 6.72. The molecule has 25 heavy (non-hydrogen) atoms. The number of thiophene rings is 2. The molecule has 0 bridgehead atoms.